The lowest BCUT2D eigenvalue weighted by Gasteiger charge is -2.65. The van der Waals surface area contributed by atoms with Gasteiger partial charge in [0, 0.05) is 35.2 Å². The first-order chi connectivity index (χ1) is 13.8. The molecule has 0 aromatic carbocycles. The van der Waals surface area contributed by atoms with E-state index in [-0.39, 0.29) is 41.4 Å². The monoisotopic (exact) mass is 416 g/mol. The topological polar surface area (TPSA) is 69.7 Å². The lowest BCUT2D eigenvalue weighted by Crippen LogP contribution is -2.67. The Morgan fingerprint density at radius 3 is 2.33 bits per heavy atom. The highest BCUT2D eigenvalue weighted by atomic mass is 16.6. The third kappa shape index (κ3) is 3.34. The molecule has 6 atom stereocenters. The van der Waals surface area contributed by atoms with E-state index in [2.05, 4.69) is 20.8 Å². The summed E-state index contributed by atoms with van der Waals surface area (Å²) in [6, 6.07) is 0. The molecule has 30 heavy (non-hydrogen) atoms. The lowest BCUT2D eigenvalue weighted by molar-refractivity contribution is -0.204. The summed E-state index contributed by atoms with van der Waals surface area (Å²) in [5, 5.41) is 0. The van der Waals surface area contributed by atoms with Crippen molar-refractivity contribution in [1.82, 2.24) is 0 Å². The molecule has 0 aromatic heterocycles. The van der Waals surface area contributed by atoms with Gasteiger partial charge in [0.2, 0.25) is 0 Å². The van der Waals surface area contributed by atoms with Crippen molar-refractivity contribution >= 4 is 17.7 Å². The van der Waals surface area contributed by atoms with Crippen molar-refractivity contribution in [2.45, 2.75) is 80.4 Å². The molecule has 5 nitrogen and oxygen atoms in total. The van der Waals surface area contributed by atoms with Crippen molar-refractivity contribution in [3.05, 3.63) is 23.3 Å². The first kappa shape index (κ1) is 22.8. The van der Waals surface area contributed by atoms with Gasteiger partial charge < -0.3 is 9.47 Å². The zero-order chi connectivity index (χ0) is 22.6. The summed E-state index contributed by atoms with van der Waals surface area (Å²) >= 11 is 0. The average Bonchev–Trinajstić information content (AvgIpc) is 2.72. The normalized spacial score (nSPS) is 37.1. The molecule has 0 spiro atoms. The van der Waals surface area contributed by atoms with Gasteiger partial charge in [-0.2, -0.15) is 0 Å². The van der Waals surface area contributed by atoms with Crippen LogP contribution in [0.25, 0.3) is 0 Å². The summed E-state index contributed by atoms with van der Waals surface area (Å²) in [4.78, 5) is 38.3. The number of hydrogen-bond acceptors (Lipinski definition) is 5. The van der Waals surface area contributed by atoms with Crippen molar-refractivity contribution in [2.75, 3.05) is 0 Å². The second kappa shape index (κ2) is 7.65. The van der Waals surface area contributed by atoms with Crippen LogP contribution in [-0.2, 0) is 23.9 Å². The van der Waals surface area contributed by atoms with Crippen LogP contribution in [0.4, 0.5) is 0 Å². The highest BCUT2D eigenvalue weighted by Crippen LogP contribution is 2.72. The Bertz CT molecular complexity index is 817. The Balaban J connectivity index is 2.02. The molecule has 0 aliphatic heterocycles. The summed E-state index contributed by atoms with van der Waals surface area (Å²) < 4.78 is 12.0. The molecule has 4 rings (SSSR count). The predicted octanol–water partition coefficient (Wildman–Crippen LogP) is 4.65. The quantitative estimate of drug-likeness (QED) is 0.482. The number of rotatable bonds is 5. The molecule has 5 heteroatoms. The van der Waals surface area contributed by atoms with Gasteiger partial charge in [0.1, 0.15) is 12.2 Å². The second-order valence-corrected chi connectivity index (χ2v) is 10.6. The maximum Gasteiger partial charge on any atom is 0.333 e. The molecule has 0 N–H and O–H groups in total. The SMILES string of the molecule is CC=C(C)C(=O)OC1CC(OC(=O)CC(C)C)C2(C)C3C(=O)C=C(C)C2C3C1(C)C. The fraction of sp³-hybridized carbons (Fsp3) is 0.720. The molecule has 4 aliphatic carbocycles. The highest BCUT2D eigenvalue weighted by Gasteiger charge is 2.74. The summed E-state index contributed by atoms with van der Waals surface area (Å²) in [6.07, 6.45) is 3.34. The number of carbonyl (C=O) groups excluding carboxylic acids is 3. The van der Waals surface area contributed by atoms with Crippen LogP contribution in [0.3, 0.4) is 0 Å². The van der Waals surface area contributed by atoms with Gasteiger partial charge in [-0.1, -0.05) is 46.3 Å². The molecular weight excluding hydrogens is 380 g/mol. The van der Waals surface area contributed by atoms with E-state index in [9.17, 15) is 14.4 Å². The van der Waals surface area contributed by atoms with Gasteiger partial charge in [-0.3, -0.25) is 9.59 Å². The molecule has 6 unspecified atom stereocenters. The van der Waals surface area contributed by atoms with Gasteiger partial charge in [-0.05, 0) is 44.6 Å². The second-order valence-electron chi connectivity index (χ2n) is 10.6. The fourth-order valence-electron chi connectivity index (χ4n) is 6.18. The van der Waals surface area contributed by atoms with Crippen LogP contribution in [0, 0.1) is 34.5 Å². The molecule has 166 valence electrons. The summed E-state index contributed by atoms with van der Waals surface area (Å²) in [5.74, 6) is -0.315. The number of hydrogen-bond donors (Lipinski definition) is 0. The van der Waals surface area contributed by atoms with Gasteiger partial charge in [0.15, 0.2) is 5.78 Å². The zero-order valence-electron chi connectivity index (χ0n) is 19.6. The van der Waals surface area contributed by atoms with Crippen molar-refractivity contribution in [3.8, 4) is 0 Å². The van der Waals surface area contributed by atoms with Crippen molar-refractivity contribution in [3.63, 3.8) is 0 Å². The van der Waals surface area contributed by atoms with Gasteiger partial charge in [-0.15, -0.1) is 0 Å². The fourth-order valence-corrected chi connectivity index (χ4v) is 6.18. The minimum atomic E-state index is -0.465. The maximum absolute atomic E-state index is 13.1. The molecule has 0 saturated heterocycles. The van der Waals surface area contributed by atoms with Crippen LogP contribution < -0.4 is 0 Å². The Morgan fingerprint density at radius 1 is 1.17 bits per heavy atom. The molecular formula is C25H36O5. The lowest BCUT2D eigenvalue weighted by atomic mass is 9.37. The average molecular weight is 417 g/mol. The van der Waals surface area contributed by atoms with Crippen molar-refractivity contribution in [1.29, 1.82) is 0 Å². The molecule has 3 saturated carbocycles. The van der Waals surface area contributed by atoms with Crippen LogP contribution in [0.2, 0.25) is 0 Å². The van der Waals surface area contributed by atoms with Crippen LogP contribution >= 0.6 is 0 Å². The molecule has 0 heterocycles. The summed E-state index contributed by atoms with van der Waals surface area (Å²) in [6.45, 7) is 15.8. The number of ketones is 1. The third-order valence-electron chi connectivity index (χ3n) is 7.89. The van der Waals surface area contributed by atoms with E-state index in [1.165, 1.54) is 0 Å². The minimum Gasteiger partial charge on any atom is -0.462 e. The van der Waals surface area contributed by atoms with E-state index < -0.39 is 23.0 Å². The van der Waals surface area contributed by atoms with Gasteiger partial charge >= 0.3 is 11.9 Å². The van der Waals surface area contributed by atoms with Crippen LogP contribution in [0.15, 0.2) is 23.3 Å². The third-order valence-corrected chi connectivity index (χ3v) is 7.89. The Kier molecular flexibility index (Phi) is 5.81. The summed E-state index contributed by atoms with van der Waals surface area (Å²) in [5.41, 5.74) is 0.725. The molecule has 3 fully saturated rings. The van der Waals surface area contributed by atoms with E-state index in [0.717, 1.165) is 5.57 Å². The van der Waals surface area contributed by atoms with Crippen molar-refractivity contribution < 1.29 is 23.9 Å². The van der Waals surface area contributed by atoms with E-state index in [1.54, 1.807) is 26.0 Å². The van der Waals surface area contributed by atoms with E-state index in [4.69, 9.17) is 9.47 Å². The smallest absolute Gasteiger partial charge is 0.333 e. The highest BCUT2D eigenvalue weighted by molar-refractivity contribution is 5.97. The zero-order valence-corrected chi connectivity index (χ0v) is 19.6. The van der Waals surface area contributed by atoms with E-state index in [1.807, 2.05) is 20.8 Å². The number of carbonyl (C=O) groups is 3. The molecule has 0 amide bonds. The predicted molar refractivity (Wildman–Crippen MR) is 114 cm³/mol. The molecule has 0 radical (unpaired) electrons. The molecule has 4 bridgehead atoms. The number of fused-ring (bicyclic) bond motifs is 3. The summed E-state index contributed by atoms with van der Waals surface area (Å²) in [7, 11) is 0. The number of esters is 2. The first-order valence-electron chi connectivity index (χ1n) is 11.1. The Morgan fingerprint density at radius 2 is 1.80 bits per heavy atom. The van der Waals surface area contributed by atoms with E-state index in [0.29, 0.717) is 18.4 Å². The molecule has 0 aromatic rings. The van der Waals surface area contributed by atoms with Gasteiger partial charge in [0.25, 0.3) is 0 Å². The number of allylic oxidation sites excluding steroid dienone is 3. The molecule has 4 aliphatic rings. The van der Waals surface area contributed by atoms with Crippen molar-refractivity contribution in [2.24, 2.45) is 34.5 Å². The van der Waals surface area contributed by atoms with Crippen LogP contribution in [-0.4, -0.2) is 29.9 Å². The standard InChI is InChI=1S/C25H36O5/c1-9-14(4)23(28)30-17-12-18(29-19(27)10-13(2)3)25(8)20-15(5)11-16(26)21(25)22(20)24(17,6)7/h9,11,13,17-18,20-22H,10,12H2,1-8H3. The van der Waals surface area contributed by atoms with Crippen LogP contribution in [0.1, 0.15) is 68.2 Å². The largest absolute Gasteiger partial charge is 0.462 e. The minimum absolute atomic E-state index is 0.0671. The van der Waals surface area contributed by atoms with E-state index >= 15 is 0 Å². The van der Waals surface area contributed by atoms with Gasteiger partial charge in [-0.25, -0.2) is 4.79 Å². The van der Waals surface area contributed by atoms with Crippen LogP contribution in [0.5, 0.6) is 0 Å². The maximum atomic E-state index is 13.1. The number of ether oxygens (including phenoxy) is 2. The first-order valence-corrected chi connectivity index (χ1v) is 11.1. The Labute approximate surface area is 180 Å². The Hall–Kier alpha value is -1.91. The van der Waals surface area contributed by atoms with Gasteiger partial charge in [0.05, 0.1) is 0 Å².